The fourth-order valence-electron chi connectivity index (χ4n) is 1.74. The second-order valence-electron chi connectivity index (χ2n) is 4.05. The highest BCUT2D eigenvalue weighted by molar-refractivity contribution is 6.39. The zero-order valence-corrected chi connectivity index (χ0v) is 8.98. The summed E-state index contributed by atoms with van der Waals surface area (Å²) >= 11 is 0. The molecule has 1 aliphatic carbocycles. The molecule has 0 aromatic carbocycles. The van der Waals surface area contributed by atoms with E-state index in [2.05, 4.69) is 10.5 Å². The molecular weight excluding hydrogens is 210 g/mol. The molecule has 0 saturated heterocycles. The van der Waals surface area contributed by atoms with Gasteiger partial charge in [-0.25, -0.2) is 5.43 Å². The Morgan fingerprint density at radius 1 is 1.50 bits per heavy atom. The smallest absolute Gasteiger partial charge is 0.270 e. The van der Waals surface area contributed by atoms with E-state index in [9.17, 15) is 9.59 Å². The van der Waals surface area contributed by atoms with Crippen molar-refractivity contribution in [3.05, 3.63) is 0 Å². The molecule has 0 aromatic rings. The van der Waals surface area contributed by atoms with E-state index in [1.165, 1.54) is 0 Å². The molecular formula is C10H15N3O3. The van der Waals surface area contributed by atoms with Crippen molar-refractivity contribution in [2.75, 3.05) is 13.2 Å². The topological polar surface area (TPSA) is 82.0 Å². The first-order chi connectivity index (χ1) is 7.72. The summed E-state index contributed by atoms with van der Waals surface area (Å²) in [7, 11) is 0. The number of nitrogens with zero attached hydrogens (tertiary/aromatic N) is 2. The highest BCUT2D eigenvalue weighted by Crippen LogP contribution is 2.27. The second kappa shape index (κ2) is 4.61. The second-order valence-corrected chi connectivity index (χ2v) is 4.05. The first kappa shape index (κ1) is 11.1. The van der Waals surface area contributed by atoms with Gasteiger partial charge in [0.1, 0.15) is 5.71 Å². The van der Waals surface area contributed by atoms with E-state index in [0.29, 0.717) is 25.1 Å². The fourth-order valence-corrected chi connectivity index (χ4v) is 1.74. The number of hydrazone groups is 1. The maximum atomic E-state index is 12.0. The molecule has 6 heteroatoms. The van der Waals surface area contributed by atoms with Crippen molar-refractivity contribution in [3.63, 3.8) is 0 Å². The van der Waals surface area contributed by atoms with Crippen molar-refractivity contribution >= 4 is 17.5 Å². The normalized spacial score (nSPS) is 20.1. The van der Waals surface area contributed by atoms with Crippen LogP contribution in [0.2, 0.25) is 0 Å². The van der Waals surface area contributed by atoms with Crippen LogP contribution < -0.4 is 5.43 Å². The monoisotopic (exact) mass is 225 g/mol. The molecule has 2 rings (SSSR count). The van der Waals surface area contributed by atoms with Gasteiger partial charge >= 0.3 is 0 Å². The van der Waals surface area contributed by atoms with Gasteiger partial charge in [-0.2, -0.15) is 5.10 Å². The zero-order valence-electron chi connectivity index (χ0n) is 8.98. The number of aliphatic hydroxyl groups excluding tert-OH is 1. The summed E-state index contributed by atoms with van der Waals surface area (Å²) in [5, 5.41) is 12.7. The van der Waals surface area contributed by atoms with Crippen molar-refractivity contribution < 1.29 is 14.7 Å². The molecule has 16 heavy (non-hydrogen) atoms. The van der Waals surface area contributed by atoms with Gasteiger partial charge in [-0.15, -0.1) is 0 Å². The molecule has 6 nitrogen and oxygen atoms in total. The number of carbonyl (C=O) groups is 2. The first-order valence-corrected chi connectivity index (χ1v) is 5.49. The first-order valence-electron chi connectivity index (χ1n) is 5.49. The van der Waals surface area contributed by atoms with Crippen LogP contribution in [-0.4, -0.2) is 46.7 Å². The maximum absolute atomic E-state index is 12.0. The van der Waals surface area contributed by atoms with Crippen LogP contribution in [0.5, 0.6) is 0 Å². The Bertz CT molecular complexity index is 336. The molecule has 0 spiro atoms. The summed E-state index contributed by atoms with van der Waals surface area (Å²) in [6.07, 6.45) is 2.68. The lowest BCUT2D eigenvalue weighted by Gasteiger charge is -2.23. The van der Waals surface area contributed by atoms with Crippen LogP contribution >= 0.6 is 0 Å². The number of hydrogen-bond acceptors (Lipinski definition) is 4. The number of nitrogens with one attached hydrogen (secondary N) is 1. The van der Waals surface area contributed by atoms with Crippen molar-refractivity contribution in [2.45, 2.75) is 31.7 Å². The van der Waals surface area contributed by atoms with E-state index in [4.69, 9.17) is 5.11 Å². The van der Waals surface area contributed by atoms with Crippen LogP contribution in [0.3, 0.4) is 0 Å². The minimum absolute atomic E-state index is 0.0398. The highest BCUT2D eigenvalue weighted by Gasteiger charge is 2.34. The average Bonchev–Trinajstić information content (AvgIpc) is 3.10. The Kier molecular flexibility index (Phi) is 3.19. The van der Waals surface area contributed by atoms with E-state index in [1.54, 1.807) is 4.90 Å². The molecule has 1 heterocycles. The Morgan fingerprint density at radius 2 is 2.25 bits per heavy atom. The van der Waals surface area contributed by atoms with Gasteiger partial charge in [-0.1, -0.05) is 0 Å². The number of aliphatic hydroxyl groups is 1. The largest absolute Gasteiger partial charge is 0.395 e. The van der Waals surface area contributed by atoms with Crippen LogP contribution in [0.1, 0.15) is 25.7 Å². The highest BCUT2D eigenvalue weighted by atomic mass is 16.3. The number of carbonyl (C=O) groups excluding carboxylic acids is 2. The average molecular weight is 225 g/mol. The molecule has 1 aliphatic heterocycles. The van der Waals surface area contributed by atoms with Gasteiger partial charge in [0.15, 0.2) is 0 Å². The summed E-state index contributed by atoms with van der Waals surface area (Å²) in [5.74, 6) is -0.312. The van der Waals surface area contributed by atoms with Crippen LogP contribution in [0.25, 0.3) is 0 Å². The minimum atomic E-state index is -0.156. The van der Waals surface area contributed by atoms with Gasteiger partial charge in [-0.3, -0.25) is 9.59 Å². The molecule has 2 amide bonds. The fraction of sp³-hybridized carbons (Fsp3) is 0.700. The Morgan fingerprint density at radius 3 is 2.75 bits per heavy atom. The lowest BCUT2D eigenvalue weighted by Crippen LogP contribution is -2.42. The van der Waals surface area contributed by atoms with Gasteiger partial charge in [0.25, 0.3) is 5.91 Å². The van der Waals surface area contributed by atoms with Crippen molar-refractivity contribution in [1.82, 2.24) is 10.3 Å². The third-order valence-electron chi connectivity index (χ3n) is 2.74. The molecule has 0 unspecified atom stereocenters. The molecule has 0 atom stereocenters. The molecule has 2 aliphatic rings. The van der Waals surface area contributed by atoms with Crippen molar-refractivity contribution in [1.29, 1.82) is 0 Å². The third-order valence-corrected chi connectivity index (χ3v) is 2.74. The Hall–Kier alpha value is -1.43. The van der Waals surface area contributed by atoms with E-state index in [-0.39, 0.29) is 24.5 Å². The van der Waals surface area contributed by atoms with E-state index in [0.717, 1.165) is 12.8 Å². The van der Waals surface area contributed by atoms with E-state index < -0.39 is 0 Å². The number of rotatable bonds is 4. The SMILES string of the molecule is O=C1CCC(C(=O)N(CCO)C2CC2)=NN1. The molecule has 88 valence electrons. The molecule has 0 radical (unpaired) electrons. The number of hydrogen-bond donors (Lipinski definition) is 2. The molecule has 0 aromatic heterocycles. The standard InChI is InChI=1S/C10H15N3O3/c14-6-5-13(7-1-2-7)10(16)8-3-4-9(15)12-11-8/h7,14H,1-6H2,(H,12,15). The number of amides is 2. The molecule has 2 N–H and O–H groups in total. The van der Waals surface area contributed by atoms with Crippen LogP contribution in [0, 0.1) is 0 Å². The van der Waals surface area contributed by atoms with Gasteiger partial charge in [0, 0.05) is 25.4 Å². The van der Waals surface area contributed by atoms with Gasteiger partial charge in [-0.05, 0) is 12.8 Å². The molecule has 1 saturated carbocycles. The summed E-state index contributed by atoms with van der Waals surface area (Å²) < 4.78 is 0. The van der Waals surface area contributed by atoms with Gasteiger partial charge < -0.3 is 10.0 Å². The predicted molar refractivity (Wildman–Crippen MR) is 56.6 cm³/mol. The van der Waals surface area contributed by atoms with Gasteiger partial charge in [0.2, 0.25) is 5.91 Å². The predicted octanol–water partition coefficient (Wildman–Crippen LogP) is -0.764. The van der Waals surface area contributed by atoms with Crippen molar-refractivity contribution in [3.8, 4) is 0 Å². The minimum Gasteiger partial charge on any atom is -0.395 e. The molecule has 0 bridgehead atoms. The molecule has 1 fully saturated rings. The maximum Gasteiger partial charge on any atom is 0.270 e. The summed E-state index contributed by atoms with van der Waals surface area (Å²) in [5.41, 5.74) is 2.70. The summed E-state index contributed by atoms with van der Waals surface area (Å²) in [6.45, 7) is 0.304. The Labute approximate surface area is 93.3 Å². The summed E-state index contributed by atoms with van der Waals surface area (Å²) in [4.78, 5) is 24.5. The van der Waals surface area contributed by atoms with E-state index >= 15 is 0 Å². The van der Waals surface area contributed by atoms with Gasteiger partial charge in [0.05, 0.1) is 6.61 Å². The lowest BCUT2D eigenvalue weighted by molar-refractivity contribution is -0.125. The van der Waals surface area contributed by atoms with Crippen LogP contribution in [0.15, 0.2) is 5.10 Å². The zero-order chi connectivity index (χ0) is 11.5. The van der Waals surface area contributed by atoms with E-state index in [1.807, 2.05) is 0 Å². The van der Waals surface area contributed by atoms with Crippen molar-refractivity contribution in [2.24, 2.45) is 5.10 Å². The quantitative estimate of drug-likeness (QED) is 0.659. The summed E-state index contributed by atoms with van der Waals surface area (Å²) in [6, 6.07) is 0.250. The Balaban J connectivity index is 2.01. The van der Waals surface area contributed by atoms with Crippen LogP contribution in [-0.2, 0) is 9.59 Å². The van der Waals surface area contributed by atoms with Crippen LogP contribution in [0.4, 0.5) is 0 Å². The third kappa shape index (κ3) is 2.38. The lowest BCUT2D eigenvalue weighted by atomic mass is 10.1.